The molecule has 4 aromatic rings. The summed E-state index contributed by atoms with van der Waals surface area (Å²) in [5.41, 5.74) is 2.51. The third kappa shape index (κ3) is 8.95. The minimum Gasteiger partial charge on any atom is -0.352 e. The molecule has 1 N–H and O–H groups in total. The Labute approximate surface area is 291 Å². The molecule has 252 valence electrons. The van der Waals surface area contributed by atoms with E-state index in [4.69, 9.17) is 23.2 Å². The first-order valence-electron chi connectivity index (χ1n) is 15.9. The van der Waals surface area contributed by atoms with Crippen molar-refractivity contribution in [1.29, 1.82) is 0 Å². The second kappa shape index (κ2) is 16.0. The normalized spacial score (nSPS) is 14.2. The highest BCUT2D eigenvalue weighted by molar-refractivity contribution is 7.92. The average molecular weight is 711 g/mol. The van der Waals surface area contributed by atoms with Gasteiger partial charge in [-0.2, -0.15) is 0 Å². The summed E-state index contributed by atoms with van der Waals surface area (Å²) in [5.74, 6) is -1.54. The maximum atomic E-state index is 14.6. The molecule has 1 saturated carbocycles. The molecule has 1 aliphatic rings. The first-order chi connectivity index (χ1) is 23.0. The number of anilines is 1. The number of carbonyl (C=O) groups excluding carboxylic acids is 2. The van der Waals surface area contributed by atoms with Crippen LogP contribution in [0.5, 0.6) is 0 Å². The molecule has 0 aliphatic heterocycles. The molecule has 0 spiro atoms. The fourth-order valence-corrected chi connectivity index (χ4v) is 7.79. The molecule has 1 aliphatic carbocycles. The summed E-state index contributed by atoms with van der Waals surface area (Å²) in [6.07, 6.45) is 4.99. The van der Waals surface area contributed by atoms with Gasteiger partial charge in [-0.25, -0.2) is 12.8 Å². The van der Waals surface area contributed by atoms with Crippen LogP contribution in [0.4, 0.5) is 10.1 Å². The van der Waals surface area contributed by atoms with E-state index in [1.807, 2.05) is 37.3 Å². The Hall–Kier alpha value is -3.92. The number of hydrogen-bond acceptors (Lipinski definition) is 4. The standard InChI is InChI=1S/C37H38Cl2FN3O4S/c1-26-12-18-32(19-13-26)43(48(46,47)33-20-16-30(40)17-21-33)25-36(44)42(24-28-14-15-29(38)23-34(28)39)35(22-27-8-4-2-5-9-27)37(45)41-31-10-6-3-7-11-31/h2,4-5,8-9,12-21,23,31,35H,3,6-7,10-11,22,24-25H2,1H3,(H,41,45)/t35-/m1/s1. The molecule has 7 nitrogen and oxygen atoms in total. The smallest absolute Gasteiger partial charge is 0.264 e. The number of hydrogen-bond donors (Lipinski definition) is 1. The van der Waals surface area contributed by atoms with Crippen molar-refractivity contribution < 1.29 is 22.4 Å². The average Bonchev–Trinajstić information content (AvgIpc) is 3.07. The lowest BCUT2D eigenvalue weighted by molar-refractivity contribution is -0.140. The van der Waals surface area contributed by atoms with Crippen LogP contribution in [-0.2, 0) is 32.6 Å². The highest BCUT2D eigenvalue weighted by Crippen LogP contribution is 2.28. The lowest BCUT2D eigenvalue weighted by Crippen LogP contribution is -2.55. The van der Waals surface area contributed by atoms with E-state index in [2.05, 4.69) is 5.32 Å². The Kier molecular flexibility index (Phi) is 11.8. The first kappa shape index (κ1) is 35.4. The van der Waals surface area contributed by atoms with E-state index in [0.29, 0.717) is 15.6 Å². The number of aryl methyl sites for hydroxylation is 1. The van der Waals surface area contributed by atoms with Gasteiger partial charge in [0.05, 0.1) is 10.6 Å². The van der Waals surface area contributed by atoms with Crippen LogP contribution in [0.2, 0.25) is 10.0 Å². The van der Waals surface area contributed by atoms with Gasteiger partial charge in [-0.05, 0) is 79.4 Å². The largest absolute Gasteiger partial charge is 0.352 e. The monoisotopic (exact) mass is 709 g/mol. The van der Waals surface area contributed by atoms with E-state index in [1.165, 1.54) is 4.90 Å². The zero-order chi connectivity index (χ0) is 34.3. The number of benzene rings is 4. The van der Waals surface area contributed by atoms with Crippen LogP contribution < -0.4 is 9.62 Å². The van der Waals surface area contributed by atoms with Gasteiger partial charge in [0.25, 0.3) is 10.0 Å². The molecule has 48 heavy (non-hydrogen) atoms. The lowest BCUT2D eigenvalue weighted by atomic mass is 9.94. The van der Waals surface area contributed by atoms with Gasteiger partial charge < -0.3 is 10.2 Å². The molecule has 0 aromatic heterocycles. The first-order valence-corrected chi connectivity index (χ1v) is 18.1. The molecule has 11 heteroatoms. The molecule has 1 fully saturated rings. The quantitative estimate of drug-likeness (QED) is 0.163. The Morgan fingerprint density at radius 1 is 0.896 bits per heavy atom. The number of nitrogens with zero attached hydrogens (tertiary/aromatic N) is 2. The van der Waals surface area contributed by atoms with E-state index in [0.717, 1.165) is 71.8 Å². The van der Waals surface area contributed by atoms with Crippen LogP contribution in [0.3, 0.4) is 0 Å². The van der Waals surface area contributed by atoms with Gasteiger partial charge in [-0.1, -0.05) is 96.6 Å². The van der Waals surface area contributed by atoms with Gasteiger partial charge in [0.2, 0.25) is 11.8 Å². The van der Waals surface area contributed by atoms with Crippen molar-refractivity contribution in [3.05, 3.63) is 130 Å². The second-order valence-electron chi connectivity index (χ2n) is 12.1. The maximum Gasteiger partial charge on any atom is 0.264 e. The Balaban J connectivity index is 1.57. The van der Waals surface area contributed by atoms with E-state index >= 15 is 0 Å². The van der Waals surface area contributed by atoms with Crippen LogP contribution in [0.1, 0.15) is 48.8 Å². The molecule has 0 heterocycles. The van der Waals surface area contributed by atoms with Gasteiger partial charge in [-0.15, -0.1) is 0 Å². The second-order valence-corrected chi connectivity index (χ2v) is 14.8. The van der Waals surface area contributed by atoms with E-state index in [1.54, 1.807) is 42.5 Å². The fraction of sp³-hybridized carbons (Fsp3) is 0.297. The summed E-state index contributed by atoms with van der Waals surface area (Å²) in [7, 11) is -4.35. The number of carbonyl (C=O) groups is 2. The van der Waals surface area contributed by atoms with Crippen molar-refractivity contribution in [2.24, 2.45) is 0 Å². The van der Waals surface area contributed by atoms with Crippen molar-refractivity contribution in [2.75, 3.05) is 10.8 Å². The van der Waals surface area contributed by atoms with Gasteiger partial charge in [0.1, 0.15) is 18.4 Å². The molecule has 0 saturated heterocycles. The third-order valence-corrected chi connectivity index (χ3v) is 11.0. The molecule has 2 amide bonds. The third-order valence-electron chi connectivity index (χ3n) is 8.58. The van der Waals surface area contributed by atoms with Crippen molar-refractivity contribution in [3.63, 3.8) is 0 Å². The predicted octanol–water partition coefficient (Wildman–Crippen LogP) is 7.73. The zero-order valence-electron chi connectivity index (χ0n) is 26.6. The van der Waals surface area contributed by atoms with Gasteiger partial charge in [0.15, 0.2) is 0 Å². The summed E-state index contributed by atoms with van der Waals surface area (Å²) in [6, 6.07) is 24.4. The Morgan fingerprint density at radius 2 is 1.56 bits per heavy atom. The number of rotatable bonds is 12. The minimum atomic E-state index is -4.35. The van der Waals surface area contributed by atoms with Gasteiger partial charge in [-0.3, -0.25) is 13.9 Å². The summed E-state index contributed by atoms with van der Waals surface area (Å²) in [4.78, 5) is 30.1. The summed E-state index contributed by atoms with van der Waals surface area (Å²) in [5, 5.41) is 3.90. The van der Waals surface area contributed by atoms with Crippen LogP contribution >= 0.6 is 23.2 Å². The Bertz CT molecular complexity index is 1820. The van der Waals surface area contributed by atoms with Crippen molar-refractivity contribution in [3.8, 4) is 0 Å². The molecular formula is C37H38Cl2FN3O4S. The maximum absolute atomic E-state index is 14.6. The van der Waals surface area contributed by atoms with E-state index in [-0.39, 0.29) is 35.5 Å². The molecular weight excluding hydrogens is 672 g/mol. The molecule has 1 atom stereocenters. The van der Waals surface area contributed by atoms with E-state index in [9.17, 15) is 22.4 Å². The van der Waals surface area contributed by atoms with Crippen molar-refractivity contribution >= 4 is 50.7 Å². The molecule has 4 aromatic carbocycles. The van der Waals surface area contributed by atoms with Crippen molar-refractivity contribution in [1.82, 2.24) is 10.2 Å². The van der Waals surface area contributed by atoms with Crippen LogP contribution in [0.15, 0.2) is 102 Å². The number of halogens is 3. The number of amides is 2. The summed E-state index contributed by atoms with van der Waals surface area (Å²) < 4.78 is 43.0. The molecule has 5 rings (SSSR count). The fourth-order valence-electron chi connectivity index (χ4n) is 5.91. The number of sulfonamides is 1. The molecule has 0 unspecified atom stereocenters. The summed E-state index contributed by atoms with van der Waals surface area (Å²) in [6.45, 7) is 1.16. The molecule has 0 bridgehead atoms. The lowest BCUT2D eigenvalue weighted by Gasteiger charge is -2.35. The SMILES string of the molecule is Cc1ccc(N(CC(=O)N(Cc2ccc(Cl)cc2Cl)[C@H](Cc2ccccc2)C(=O)NC2CCCCC2)S(=O)(=O)c2ccc(F)cc2)cc1. The van der Waals surface area contributed by atoms with Crippen LogP contribution in [-0.4, -0.2) is 43.8 Å². The van der Waals surface area contributed by atoms with Crippen molar-refractivity contribution in [2.45, 2.75) is 69.0 Å². The van der Waals surface area contributed by atoms with Gasteiger partial charge in [0, 0.05) is 29.1 Å². The highest BCUT2D eigenvalue weighted by Gasteiger charge is 2.35. The number of nitrogens with one attached hydrogen (secondary N) is 1. The van der Waals surface area contributed by atoms with E-state index < -0.39 is 34.3 Å². The summed E-state index contributed by atoms with van der Waals surface area (Å²) >= 11 is 12.8. The zero-order valence-corrected chi connectivity index (χ0v) is 28.9. The van der Waals surface area contributed by atoms with Crippen LogP contribution in [0.25, 0.3) is 0 Å². The Morgan fingerprint density at radius 3 is 2.21 bits per heavy atom. The molecule has 0 radical (unpaired) electrons. The predicted molar refractivity (Wildman–Crippen MR) is 188 cm³/mol. The highest BCUT2D eigenvalue weighted by atomic mass is 35.5. The van der Waals surface area contributed by atoms with Crippen LogP contribution in [0, 0.1) is 12.7 Å². The topological polar surface area (TPSA) is 86.8 Å². The minimum absolute atomic E-state index is 0.0245. The van der Waals surface area contributed by atoms with Gasteiger partial charge >= 0.3 is 0 Å².